The van der Waals surface area contributed by atoms with E-state index in [0.717, 1.165) is 0 Å². The Morgan fingerprint density at radius 2 is 2.30 bits per heavy atom. The third kappa shape index (κ3) is 7.55. The van der Waals surface area contributed by atoms with Crippen molar-refractivity contribution in [3.05, 3.63) is 0 Å². The van der Waals surface area contributed by atoms with Crippen LogP contribution in [0.3, 0.4) is 0 Å². The van der Waals surface area contributed by atoms with Crippen molar-refractivity contribution in [2.75, 3.05) is 27.1 Å². The van der Waals surface area contributed by atoms with E-state index in [1.807, 2.05) is 7.05 Å². The smallest absolute Gasteiger partial charge is 0.155 e. The lowest BCUT2D eigenvalue weighted by molar-refractivity contribution is -0.121. The van der Waals surface area contributed by atoms with Crippen LogP contribution < -0.4 is 10.6 Å². The molecule has 4 nitrogen and oxygen atoms in total. The molecule has 4 heteroatoms. The first-order valence-corrected chi connectivity index (χ1v) is 3.20. The number of Topliss-reactive ketones (excluding diaryl/α,β-unsaturated/α-hetero) is 1. The average molecular weight is 146 g/mol. The summed E-state index contributed by atoms with van der Waals surface area (Å²) in [7, 11) is 1.83. The molecule has 0 spiro atoms. The van der Waals surface area contributed by atoms with Gasteiger partial charge in [0.05, 0.1) is 6.73 Å². The molecular weight excluding hydrogens is 132 g/mol. The highest BCUT2D eigenvalue weighted by atomic mass is 16.5. The van der Waals surface area contributed by atoms with E-state index in [-0.39, 0.29) is 12.4 Å². The minimum Gasteiger partial charge on any atom is -0.359 e. The summed E-state index contributed by atoms with van der Waals surface area (Å²) in [5, 5.41) is 5.78. The predicted octanol–water partition coefficient (Wildman–Crippen LogP) is -0.684. The Bertz CT molecular complexity index is 95.7. The molecular formula is C6H14N2O2. The molecule has 0 aromatic rings. The van der Waals surface area contributed by atoms with Crippen molar-refractivity contribution in [2.24, 2.45) is 0 Å². The standard InChI is InChI=1S/C6H14N2O2/c1-6(9)3-10-5-8-4-7-2/h7-8H,3-5H2,1-2H3. The quantitative estimate of drug-likeness (QED) is 0.385. The third-order valence-electron chi connectivity index (χ3n) is 0.811. The van der Waals surface area contributed by atoms with Crippen LogP contribution in [0.15, 0.2) is 0 Å². The van der Waals surface area contributed by atoms with Crippen LogP contribution in [0, 0.1) is 0 Å². The van der Waals surface area contributed by atoms with Crippen molar-refractivity contribution >= 4 is 5.78 Å². The van der Waals surface area contributed by atoms with Crippen LogP contribution >= 0.6 is 0 Å². The average Bonchev–Trinajstić information content (AvgIpc) is 1.87. The van der Waals surface area contributed by atoms with Crippen molar-refractivity contribution in [3.63, 3.8) is 0 Å². The zero-order chi connectivity index (χ0) is 7.82. The van der Waals surface area contributed by atoms with Crippen LogP contribution in [-0.2, 0) is 9.53 Å². The fraction of sp³-hybridized carbons (Fsp3) is 0.833. The summed E-state index contributed by atoms with van der Waals surface area (Å²) in [5.41, 5.74) is 0. The molecule has 0 fully saturated rings. The molecule has 0 saturated carbocycles. The Kier molecular flexibility index (Phi) is 6.37. The molecule has 0 aromatic heterocycles. The normalized spacial score (nSPS) is 9.80. The Morgan fingerprint density at radius 1 is 1.60 bits per heavy atom. The summed E-state index contributed by atoms with van der Waals surface area (Å²) in [4.78, 5) is 10.3. The lowest BCUT2D eigenvalue weighted by atomic mass is 10.5. The van der Waals surface area contributed by atoms with Crippen molar-refractivity contribution in [2.45, 2.75) is 6.92 Å². The molecule has 0 bridgehead atoms. The van der Waals surface area contributed by atoms with Gasteiger partial charge < -0.3 is 10.1 Å². The molecule has 0 atom stereocenters. The summed E-state index contributed by atoms with van der Waals surface area (Å²) in [6.07, 6.45) is 0. The minimum absolute atomic E-state index is 0.0475. The fourth-order valence-corrected chi connectivity index (χ4v) is 0.443. The molecule has 0 radical (unpaired) electrons. The molecule has 0 aromatic carbocycles. The first-order valence-electron chi connectivity index (χ1n) is 3.20. The zero-order valence-corrected chi connectivity index (χ0v) is 6.44. The van der Waals surface area contributed by atoms with Gasteiger partial charge in [0.2, 0.25) is 0 Å². The van der Waals surface area contributed by atoms with Crippen LogP contribution in [-0.4, -0.2) is 32.8 Å². The number of ketones is 1. The van der Waals surface area contributed by atoms with Crippen LogP contribution in [0.1, 0.15) is 6.92 Å². The summed E-state index contributed by atoms with van der Waals surface area (Å²) in [5.74, 6) is 0.0475. The molecule has 0 unspecified atom stereocenters. The van der Waals surface area contributed by atoms with Gasteiger partial charge in [0.1, 0.15) is 6.61 Å². The SMILES string of the molecule is CNCNCOCC(C)=O. The number of nitrogens with one attached hydrogen (secondary N) is 2. The molecule has 0 saturated heterocycles. The summed E-state index contributed by atoms with van der Waals surface area (Å²) >= 11 is 0. The summed E-state index contributed by atoms with van der Waals surface area (Å²) in [6.45, 7) is 2.80. The van der Waals surface area contributed by atoms with Gasteiger partial charge in [-0.15, -0.1) is 0 Å². The molecule has 10 heavy (non-hydrogen) atoms. The first kappa shape index (κ1) is 9.55. The van der Waals surface area contributed by atoms with Gasteiger partial charge in [-0.05, 0) is 14.0 Å². The monoisotopic (exact) mass is 146 g/mol. The maximum absolute atomic E-state index is 10.3. The Hall–Kier alpha value is -0.450. The van der Waals surface area contributed by atoms with E-state index in [1.165, 1.54) is 6.92 Å². The summed E-state index contributed by atoms with van der Waals surface area (Å²) in [6, 6.07) is 0. The van der Waals surface area contributed by atoms with Crippen molar-refractivity contribution in [1.82, 2.24) is 10.6 Å². The number of rotatable bonds is 6. The maximum atomic E-state index is 10.3. The zero-order valence-electron chi connectivity index (χ0n) is 6.44. The largest absolute Gasteiger partial charge is 0.359 e. The Balaban J connectivity index is 2.84. The molecule has 0 heterocycles. The van der Waals surface area contributed by atoms with Crippen LogP contribution in [0.25, 0.3) is 0 Å². The number of hydrogen-bond acceptors (Lipinski definition) is 4. The van der Waals surface area contributed by atoms with Crippen LogP contribution in [0.5, 0.6) is 0 Å². The van der Waals surface area contributed by atoms with E-state index >= 15 is 0 Å². The molecule has 2 N–H and O–H groups in total. The molecule has 60 valence electrons. The predicted molar refractivity (Wildman–Crippen MR) is 38.6 cm³/mol. The van der Waals surface area contributed by atoms with Gasteiger partial charge in [0, 0.05) is 6.67 Å². The van der Waals surface area contributed by atoms with Gasteiger partial charge in [-0.2, -0.15) is 0 Å². The van der Waals surface area contributed by atoms with E-state index in [1.54, 1.807) is 0 Å². The second-order valence-corrected chi connectivity index (χ2v) is 1.98. The van der Waals surface area contributed by atoms with E-state index in [9.17, 15) is 4.79 Å². The van der Waals surface area contributed by atoms with Gasteiger partial charge in [-0.3, -0.25) is 10.1 Å². The number of ether oxygens (including phenoxy) is 1. The molecule has 0 amide bonds. The van der Waals surface area contributed by atoms with Gasteiger partial charge in [0.15, 0.2) is 5.78 Å². The van der Waals surface area contributed by atoms with Gasteiger partial charge in [-0.25, -0.2) is 0 Å². The lowest BCUT2D eigenvalue weighted by Crippen LogP contribution is -2.28. The van der Waals surface area contributed by atoms with Gasteiger partial charge in [-0.1, -0.05) is 0 Å². The number of carbonyl (C=O) groups is 1. The van der Waals surface area contributed by atoms with E-state index in [2.05, 4.69) is 10.6 Å². The van der Waals surface area contributed by atoms with E-state index in [0.29, 0.717) is 13.4 Å². The van der Waals surface area contributed by atoms with Crippen LogP contribution in [0.2, 0.25) is 0 Å². The topological polar surface area (TPSA) is 50.4 Å². The fourth-order valence-electron chi connectivity index (χ4n) is 0.443. The number of hydrogen-bond donors (Lipinski definition) is 2. The summed E-state index contributed by atoms with van der Waals surface area (Å²) < 4.78 is 4.90. The van der Waals surface area contributed by atoms with E-state index < -0.39 is 0 Å². The highest BCUT2D eigenvalue weighted by Crippen LogP contribution is 1.71. The maximum Gasteiger partial charge on any atom is 0.155 e. The minimum atomic E-state index is 0.0475. The van der Waals surface area contributed by atoms with Crippen LogP contribution in [0.4, 0.5) is 0 Å². The molecule has 0 aliphatic carbocycles. The highest BCUT2D eigenvalue weighted by Gasteiger charge is 1.90. The number of carbonyl (C=O) groups excluding carboxylic acids is 1. The lowest BCUT2D eigenvalue weighted by Gasteiger charge is -2.02. The Morgan fingerprint density at radius 3 is 2.80 bits per heavy atom. The van der Waals surface area contributed by atoms with Gasteiger partial charge in [0.25, 0.3) is 0 Å². The Labute approximate surface area is 60.9 Å². The molecule has 0 aliphatic heterocycles. The van der Waals surface area contributed by atoms with E-state index in [4.69, 9.17) is 4.74 Å². The van der Waals surface area contributed by atoms with Crippen molar-refractivity contribution in [3.8, 4) is 0 Å². The highest BCUT2D eigenvalue weighted by molar-refractivity contribution is 5.76. The van der Waals surface area contributed by atoms with Crippen molar-refractivity contribution in [1.29, 1.82) is 0 Å². The first-order chi connectivity index (χ1) is 4.77. The third-order valence-corrected chi connectivity index (χ3v) is 0.811. The second kappa shape index (κ2) is 6.67. The van der Waals surface area contributed by atoms with Gasteiger partial charge >= 0.3 is 0 Å². The van der Waals surface area contributed by atoms with Crippen molar-refractivity contribution < 1.29 is 9.53 Å². The molecule has 0 rings (SSSR count). The second-order valence-electron chi connectivity index (χ2n) is 1.98. The molecule has 0 aliphatic rings.